The highest BCUT2D eigenvalue weighted by molar-refractivity contribution is 7.15. The fourth-order valence-corrected chi connectivity index (χ4v) is 3.15. The number of carbonyl (C=O) groups excluding carboxylic acids is 2. The van der Waals surface area contributed by atoms with Crippen LogP contribution in [0.15, 0.2) is 54.6 Å². The molecule has 3 rings (SSSR count). The number of thiazole rings is 1. The maximum atomic E-state index is 12.3. The normalized spacial score (nSPS) is 10.4. The van der Waals surface area contributed by atoms with E-state index < -0.39 is 0 Å². The van der Waals surface area contributed by atoms with E-state index in [-0.39, 0.29) is 11.8 Å². The molecule has 2 amide bonds. The van der Waals surface area contributed by atoms with E-state index in [1.807, 2.05) is 44.2 Å². The van der Waals surface area contributed by atoms with Gasteiger partial charge in [0.2, 0.25) is 0 Å². The first-order valence-electron chi connectivity index (χ1n) is 8.20. The summed E-state index contributed by atoms with van der Waals surface area (Å²) in [7, 11) is 0. The maximum absolute atomic E-state index is 12.3. The van der Waals surface area contributed by atoms with Gasteiger partial charge in [0.05, 0.1) is 5.69 Å². The molecular formula is C20H19N3O2S. The molecule has 2 N–H and O–H groups in total. The molecule has 0 saturated heterocycles. The molecule has 26 heavy (non-hydrogen) atoms. The summed E-state index contributed by atoms with van der Waals surface area (Å²) in [6.45, 7) is 4.29. The Morgan fingerprint density at radius 3 is 2.19 bits per heavy atom. The molecule has 1 aromatic heterocycles. The Hall–Kier alpha value is -2.99. The van der Waals surface area contributed by atoms with Crippen LogP contribution in [0.5, 0.6) is 0 Å². The van der Waals surface area contributed by atoms with Crippen LogP contribution in [0, 0.1) is 13.8 Å². The van der Waals surface area contributed by atoms with Gasteiger partial charge >= 0.3 is 0 Å². The quantitative estimate of drug-likeness (QED) is 0.719. The minimum absolute atomic E-state index is 0.123. The number of aryl methyl sites for hydroxylation is 2. The van der Waals surface area contributed by atoms with Crippen LogP contribution in [0.3, 0.4) is 0 Å². The second kappa shape index (κ2) is 7.93. The first-order valence-corrected chi connectivity index (χ1v) is 9.02. The molecule has 0 radical (unpaired) electrons. The molecule has 0 saturated carbocycles. The number of anilines is 1. The van der Waals surface area contributed by atoms with Crippen molar-refractivity contribution < 1.29 is 9.59 Å². The van der Waals surface area contributed by atoms with Crippen molar-refractivity contribution in [3.8, 4) is 0 Å². The van der Waals surface area contributed by atoms with Crippen LogP contribution in [0.4, 0.5) is 5.13 Å². The molecule has 0 aliphatic rings. The lowest BCUT2D eigenvalue weighted by Crippen LogP contribution is -2.22. The van der Waals surface area contributed by atoms with Crippen molar-refractivity contribution in [2.24, 2.45) is 0 Å². The molecule has 6 heteroatoms. The molecule has 0 aliphatic heterocycles. The van der Waals surface area contributed by atoms with Gasteiger partial charge in [-0.15, -0.1) is 11.3 Å². The maximum Gasteiger partial charge on any atom is 0.257 e. The Labute approximate surface area is 156 Å². The fourth-order valence-electron chi connectivity index (χ4n) is 2.34. The van der Waals surface area contributed by atoms with Gasteiger partial charge in [0.25, 0.3) is 11.8 Å². The van der Waals surface area contributed by atoms with Crippen LogP contribution in [0.2, 0.25) is 0 Å². The molecule has 0 unspecified atom stereocenters. The number of rotatable bonds is 5. The van der Waals surface area contributed by atoms with Crippen molar-refractivity contribution in [1.82, 2.24) is 10.3 Å². The number of nitrogens with one attached hydrogen (secondary N) is 2. The highest BCUT2D eigenvalue weighted by Crippen LogP contribution is 2.21. The lowest BCUT2D eigenvalue weighted by molar-refractivity contribution is 0.0949. The van der Waals surface area contributed by atoms with E-state index >= 15 is 0 Å². The molecule has 132 valence electrons. The second-order valence-corrected chi connectivity index (χ2v) is 7.06. The van der Waals surface area contributed by atoms with Crippen LogP contribution in [0.25, 0.3) is 0 Å². The van der Waals surface area contributed by atoms with E-state index in [0.29, 0.717) is 22.8 Å². The zero-order valence-corrected chi connectivity index (χ0v) is 15.4. The molecule has 0 spiro atoms. The highest BCUT2D eigenvalue weighted by atomic mass is 32.1. The molecule has 0 aliphatic carbocycles. The Bertz CT molecular complexity index is 898. The van der Waals surface area contributed by atoms with E-state index in [2.05, 4.69) is 15.6 Å². The van der Waals surface area contributed by atoms with Crippen LogP contribution >= 0.6 is 11.3 Å². The molecule has 5 nitrogen and oxygen atoms in total. The third-order valence-corrected chi connectivity index (χ3v) is 4.94. The second-order valence-electron chi connectivity index (χ2n) is 5.86. The lowest BCUT2D eigenvalue weighted by Gasteiger charge is -2.07. The molecule has 2 aromatic carbocycles. The van der Waals surface area contributed by atoms with Gasteiger partial charge in [-0.25, -0.2) is 4.98 Å². The monoisotopic (exact) mass is 365 g/mol. The number of benzene rings is 2. The van der Waals surface area contributed by atoms with E-state index in [0.717, 1.165) is 16.1 Å². The summed E-state index contributed by atoms with van der Waals surface area (Å²) >= 11 is 1.46. The lowest BCUT2D eigenvalue weighted by atomic mass is 10.1. The Morgan fingerprint density at radius 1 is 0.923 bits per heavy atom. The number of aromatic nitrogens is 1. The van der Waals surface area contributed by atoms with E-state index in [9.17, 15) is 9.59 Å². The molecule has 3 aromatic rings. The zero-order valence-electron chi connectivity index (χ0n) is 14.6. The molecule has 0 bridgehead atoms. The highest BCUT2D eigenvalue weighted by Gasteiger charge is 2.10. The Balaban J connectivity index is 1.57. The van der Waals surface area contributed by atoms with Crippen molar-refractivity contribution in [2.75, 3.05) is 5.32 Å². The van der Waals surface area contributed by atoms with Gasteiger partial charge in [0.15, 0.2) is 5.13 Å². The first-order chi connectivity index (χ1) is 12.5. The fraction of sp³-hybridized carbons (Fsp3) is 0.150. The van der Waals surface area contributed by atoms with Gasteiger partial charge in [-0.2, -0.15) is 0 Å². The first kappa shape index (κ1) is 17.8. The minimum atomic E-state index is -0.196. The third-order valence-electron chi connectivity index (χ3n) is 3.95. The van der Waals surface area contributed by atoms with Crippen LogP contribution in [0.1, 0.15) is 36.9 Å². The number of carbonyl (C=O) groups is 2. The average Bonchev–Trinajstić information content (AvgIpc) is 2.98. The largest absolute Gasteiger partial charge is 0.348 e. The third kappa shape index (κ3) is 4.34. The smallest absolute Gasteiger partial charge is 0.257 e. The van der Waals surface area contributed by atoms with Gasteiger partial charge in [-0.1, -0.05) is 30.3 Å². The van der Waals surface area contributed by atoms with Gasteiger partial charge in [-0.05, 0) is 43.7 Å². The zero-order chi connectivity index (χ0) is 18.5. The van der Waals surface area contributed by atoms with Crippen LogP contribution in [-0.4, -0.2) is 16.8 Å². The van der Waals surface area contributed by atoms with Crippen molar-refractivity contribution in [1.29, 1.82) is 0 Å². The SMILES string of the molecule is Cc1nc(NC(=O)c2ccc(CNC(=O)c3ccccc3)cc2)sc1C. The standard InChI is InChI=1S/C20H19N3O2S/c1-13-14(2)26-20(22-13)23-19(25)17-10-8-15(9-11-17)12-21-18(24)16-6-4-3-5-7-16/h3-11H,12H2,1-2H3,(H,21,24)(H,22,23,25). The number of hydrogen-bond acceptors (Lipinski definition) is 4. The van der Waals surface area contributed by atoms with Crippen molar-refractivity contribution in [3.05, 3.63) is 81.9 Å². The molecule has 0 atom stereocenters. The van der Waals surface area contributed by atoms with Gasteiger partial charge in [0.1, 0.15) is 0 Å². The van der Waals surface area contributed by atoms with Crippen LogP contribution in [-0.2, 0) is 6.54 Å². The number of amides is 2. The minimum Gasteiger partial charge on any atom is -0.348 e. The van der Waals surface area contributed by atoms with Crippen molar-refractivity contribution in [2.45, 2.75) is 20.4 Å². The predicted octanol–water partition coefficient (Wildman–Crippen LogP) is 3.94. The summed E-state index contributed by atoms with van der Waals surface area (Å²) in [6, 6.07) is 16.2. The van der Waals surface area contributed by atoms with Gasteiger partial charge in [-0.3, -0.25) is 14.9 Å². The Kier molecular flexibility index (Phi) is 5.43. The average molecular weight is 365 g/mol. The summed E-state index contributed by atoms with van der Waals surface area (Å²) in [5.74, 6) is -0.319. The summed E-state index contributed by atoms with van der Waals surface area (Å²) in [6.07, 6.45) is 0. The van der Waals surface area contributed by atoms with E-state index in [1.54, 1.807) is 24.3 Å². The van der Waals surface area contributed by atoms with Gasteiger partial charge in [0, 0.05) is 22.5 Å². The van der Waals surface area contributed by atoms with Crippen molar-refractivity contribution >= 4 is 28.3 Å². The Morgan fingerprint density at radius 2 is 1.58 bits per heavy atom. The van der Waals surface area contributed by atoms with Crippen LogP contribution < -0.4 is 10.6 Å². The van der Waals surface area contributed by atoms with Crippen molar-refractivity contribution in [3.63, 3.8) is 0 Å². The number of hydrogen-bond donors (Lipinski definition) is 2. The summed E-state index contributed by atoms with van der Waals surface area (Å²) in [5, 5.41) is 6.28. The van der Waals surface area contributed by atoms with E-state index in [4.69, 9.17) is 0 Å². The number of nitrogens with zero attached hydrogens (tertiary/aromatic N) is 1. The topological polar surface area (TPSA) is 71.1 Å². The molecule has 1 heterocycles. The summed E-state index contributed by atoms with van der Waals surface area (Å²) in [5.41, 5.74) is 3.02. The van der Waals surface area contributed by atoms with Gasteiger partial charge < -0.3 is 5.32 Å². The summed E-state index contributed by atoms with van der Waals surface area (Å²) < 4.78 is 0. The molecule has 0 fully saturated rings. The predicted molar refractivity (Wildman–Crippen MR) is 104 cm³/mol. The summed E-state index contributed by atoms with van der Waals surface area (Å²) in [4.78, 5) is 29.7. The molecular weight excluding hydrogens is 346 g/mol. The van der Waals surface area contributed by atoms with E-state index in [1.165, 1.54) is 11.3 Å².